The molecule has 0 spiro atoms. The van der Waals surface area contributed by atoms with Crippen molar-refractivity contribution in [1.82, 2.24) is 4.57 Å². The Bertz CT molecular complexity index is 3550. The summed E-state index contributed by atoms with van der Waals surface area (Å²) in [7, 11) is 0. The predicted octanol–water partition coefficient (Wildman–Crippen LogP) is 15.2. The van der Waals surface area contributed by atoms with Gasteiger partial charge in [0.25, 0.3) is 0 Å². The molecule has 0 saturated heterocycles. The largest absolute Gasteiger partial charge is 0.456 e. The first-order chi connectivity index (χ1) is 31.2. The Morgan fingerprint density at radius 3 is 1.63 bits per heavy atom. The van der Waals surface area contributed by atoms with Crippen molar-refractivity contribution in [2.75, 3.05) is 4.90 Å². The van der Waals surface area contributed by atoms with Gasteiger partial charge in [-0.3, -0.25) is 0 Å². The minimum atomic E-state index is -0.444. The van der Waals surface area contributed by atoms with E-state index in [0.717, 1.165) is 55.5 Å². The molecule has 57 heavy (non-hydrogen) atoms. The Labute approximate surface area is 340 Å². The van der Waals surface area contributed by atoms with Crippen LogP contribution in [-0.4, -0.2) is 4.57 Å². The molecule has 0 amide bonds. The van der Waals surface area contributed by atoms with Crippen LogP contribution in [0.2, 0.25) is 0 Å². The Hall–Kier alpha value is -7.62. The molecular formula is C54H36N2O. The highest BCUT2D eigenvalue weighted by atomic mass is 16.3. The van der Waals surface area contributed by atoms with E-state index < -0.39 is 18.1 Å². The number of fused-ring (bicyclic) bond motifs is 6. The van der Waals surface area contributed by atoms with Crippen LogP contribution in [0, 0.1) is 0 Å². The zero-order valence-electron chi connectivity index (χ0n) is 37.5. The molecule has 3 nitrogen and oxygen atoms in total. The number of hydrogen-bond donors (Lipinski definition) is 0. The Balaban J connectivity index is 0.993. The summed E-state index contributed by atoms with van der Waals surface area (Å²) in [5, 5.41) is 4.33. The zero-order chi connectivity index (χ0) is 43.8. The summed E-state index contributed by atoms with van der Waals surface area (Å²) in [5.74, 6) is 0. The van der Waals surface area contributed by atoms with Crippen molar-refractivity contribution < 1.29 is 14.0 Å². The van der Waals surface area contributed by atoms with E-state index in [9.17, 15) is 2.74 Å². The lowest BCUT2D eigenvalue weighted by molar-refractivity contribution is 0.669. The van der Waals surface area contributed by atoms with Crippen molar-refractivity contribution in [3.63, 3.8) is 0 Å². The van der Waals surface area contributed by atoms with Crippen molar-refractivity contribution in [1.29, 1.82) is 0 Å². The average molecular weight is 736 g/mol. The minimum Gasteiger partial charge on any atom is -0.456 e. The van der Waals surface area contributed by atoms with Crippen LogP contribution in [-0.2, 0) is 0 Å². The monoisotopic (exact) mass is 735 g/mol. The molecule has 0 saturated carbocycles. The van der Waals surface area contributed by atoms with Gasteiger partial charge in [-0.05, 0) is 88.5 Å². The van der Waals surface area contributed by atoms with Crippen molar-refractivity contribution >= 4 is 60.8 Å². The van der Waals surface area contributed by atoms with E-state index in [-0.39, 0.29) is 29.7 Å². The average Bonchev–Trinajstić information content (AvgIpc) is 3.86. The lowest BCUT2D eigenvalue weighted by atomic mass is 9.98. The second kappa shape index (κ2) is 13.6. The molecule has 11 rings (SSSR count). The lowest BCUT2D eigenvalue weighted by Crippen LogP contribution is -2.09. The van der Waals surface area contributed by atoms with Gasteiger partial charge in [0.05, 0.1) is 26.3 Å². The first kappa shape index (κ1) is 26.2. The highest BCUT2D eigenvalue weighted by Gasteiger charge is 2.18. The van der Waals surface area contributed by atoms with Crippen molar-refractivity contribution in [3.05, 3.63) is 218 Å². The van der Waals surface area contributed by atoms with Crippen LogP contribution >= 0.6 is 0 Å². The molecule has 2 heterocycles. The Morgan fingerprint density at radius 1 is 0.386 bits per heavy atom. The number of furan rings is 1. The van der Waals surface area contributed by atoms with Gasteiger partial charge in [0, 0.05) is 50.2 Å². The highest BCUT2D eigenvalue weighted by Crippen LogP contribution is 2.41. The number of hydrogen-bond acceptors (Lipinski definition) is 2. The fourth-order valence-electron chi connectivity index (χ4n) is 8.05. The number of aromatic nitrogens is 1. The van der Waals surface area contributed by atoms with E-state index in [4.69, 9.17) is 11.3 Å². The molecule has 0 fully saturated rings. The molecule has 9 aromatic carbocycles. The summed E-state index contributed by atoms with van der Waals surface area (Å²) in [5.41, 5.74) is 10.6. The molecule has 0 radical (unpaired) electrons. The van der Waals surface area contributed by atoms with Gasteiger partial charge < -0.3 is 13.9 Å². The van der Waals surface area contributed by atoms with E-state index in [1.165, 1.54) is 10.8 Å². The Morgan fingerprint density at radius 2 is 0.912 bits per heavy atom. The number of nitrogens with zero attached hydrogens (tertiary/aromatic N) is 2. The van der Waals surface area contributed by atoms with Gasteiger partial charge in [-0.1, -0.05) is 151 Å². The summed E-state index contributed by atoms with van der Waals surface area (Å²) >= 11 is 0. The summed E-state index contributed by atoms with van der Waals surface area (Å²) in [6, 6.07) is 56.3. The molecule has 3 heteroatoms. The zero-order valence-corrected chi connectivity index (χ0v) is 30.5. The van der Waals surface area contributed by atoms with Crippen LogP contribution in [0.4, 0.5) is 17.1 Å². The van der Waals surface area contributed by atoms with E-state index in [1.54, 1.807) is 24.3 Å². The number of benzene rings is 9. The van der Waals surface area contributed by atoms with Crippen molar-refractivity contribution in [3.8, 4) is 39.1 Å². The van der Waals surface area contributed by atoms with Crippen LogP contribution in [0.5, 0.6) is 0 Å². The predicted molar refractivity (Wildman–Crippen MR) is 239 cm³/mol. The first-order valence-corrected chi connectivity index (χ1v) is 18.8. The van der Waals surface area contributed by atoms with Gasteiger partial charge in [-0.15, -0.1) is 0 Å². The molecule has 0 aliphatic rings. The van der Waals surface area contributed by atoms with E-state index >= 15 is 0 Å². The molecular weight excluding hydrogens is 693 g/mol. The molecule has 268 valence electrons. The van der Waals surface area contributed by atoms with Crippen molar-refractivity contribution in [2.24, 2.45) is 0 Å². The fourth-order valence-corrected chi connectivity index (χ4v) is 8.05. The number of anilines is 3. The maximum Gasteiger partial charge on any atom is 0.137 e. The third kappa shape index (κ3) is 5.68. The normalized spacial score (nSPS) is 13.2. The van der Waals surface area contributed by atoms with E-state index in [1.807, 2.05) is 77.7 Å². The van der Waals surface area contributed by atoms with E-state index in [0.29, 0.717) is 28.1 Å². The van der Waals surface area contributed by atoms with Crippen LogP contribution in [0.1, 0.15) is 9.60 Å². The molecule has 11 aromatic rings. The minimum absolute atomic E-state index is 0.111. The van der Waals surface area contributed by atoms with Crippen LogP contribution < -0.4 is 4.90 Å². The van der Waals surface area contributed by atoms with Gasteiger partial charge in [-0.25, -0.2) is 0 Å². The standard InChI is InChI=1S/C54H36N2O/c1-2-12-37(13-3-1)39-26-30-42(31-27-39)55(44-34-35-49-48-17-7-11-21-53(48)57-54(49)36-44)43-32-28-40(29-33-43)38-22-24-41(25-23-38)45-14-4-8-18-50(45)56-51-19-9-5-15-46(51)47-16-6-10-20-52(47)56/h1-36H/i1D,2D,3D,12D,13D,28D,29D. The fraction of sp³-hybridized carbons (Fsp3) is 0. The lowest BCUT2D eigenvalue weighted by Gasteiger charge is -2.26. The summed E-state index contributed by atoms with van der Waals surface area (Å²) in [4.78, 5) is 1.94. The number of para-hydroxylation sites is 4. The van der Waals surface area contributed by atoms with E-state index in [2.05, 4.69) is 83.4 Å². The second-order valence-corrected chi connectivity index (χ2v) is 14.0. The first-order valence-electron chi connectivity index (χ1n) is 22.3. The van der Waals surface area contributed by atoms with Crippen LogP contribution in [0.25, 0.3) is 82.8 Å². The maximum atomic E-state index is 9.40. The third-order valence-electron chi connectivity index (χ3n) is 10.7. The van der Waals surface area contributed by atoms with Crippen molar-refractivity contribution in [2.45, 2.75) is 0 Å². The van der Waals surface area contributed by atoms with Gasteiger partial charge in [0.15, 0.2) is 0 Å². The van der Waals surface area contributed by atoms with Gasteiger partial charge in [-0.2, -0.15) is 0 Å². The van der Waals surface area contributed by atoms with Crippen LogP contribution in [0.15, 0.2) is 223 Å². The molecule has 0 aliphatic carbocycles. The number of rotatable bonds is 7. The molecule has 2 aromatic heterocycles. The summed E-state index contributed by atoms with van der Waals surface area (Å²) in [6.07, 6.45) is 0. The molecule has 0 bridgehead atoms. The summed E-state index contributed by atoms with van der Waals surface area (Å²) in [6.45, 7) is 0. The molecule has 0 aliphatic heterocycles. The highest BCUT2D eigenvalue weighted by molar-refractivity contribution is 6.10. The quantitative estimate of drug-likeness (QED) is 0.163. The SMILES string of the molecule is [2H]c1cc(N(c2ccc(-c3c([2H])c([2H])c([2H])c([2H])c3[2H])cc2)c2ccc3c(c2)oc2ccccc23)cc([2H])c1-c1ccc(-c2ccccc2-n2c3ccccc3c3ccccc32)cc1. The third-order valence-corrected chi connectivity index (χ3v) is 10.7. The molecule has 0 atom stereocenters. The topological polar surface area (TPSA) is 21.3 Å². The molecule has 0 N–H and O–H groups in total. The smallest absolute Gasteiger partial charge is 0.137 e. The van der Waals surface area contributed by atoms with Gasteiger partial charge in [0.2, 0.25) is 0 Å². The van der Waals surface area contributed by atoms with Crippen LogP contribution in [0.3, 0.4) is 0 Å². The maximum absolute atomic E-state index is 9.40. The van der Waals surface area contributed by atoms with Gasteiger partial charge in [0.1, 0.15) is 11.2 Å². The molecule has 0 unspecified atom stereocenters. The second-order valence-electron chi connectivity index (χ2n) is 14.0. The summed E-state index contributed by atoms with van der Waals surface area (Å²) < 4.78 is 69.0. The Kier molecular flexibility index (Phi) is 6.26. The van der Waals surface area contributed by atoms with Gasteiger partial charge >= 0.3 is 0 Å².